The molecule has 0 radical (unpaired) electrons. The van der Waals surface area contributed by atoms with Gasteiger partial charge in [-0.3, -0.25) is 14.5 Å². The van der Waals surface area contributed by atoms with E-state index in [1.807, 2.05) is 30.3 Å². The third-order valence-electron chi connectivity index (χ3n) is 2.58. The number of carbonyl (C=O) groups excluding carboxylic acids is 2. The van der Waals surface area contributed by atoms with E-state index >= 15 is 0 Å². The first-order valence-electron chi connectivity index (χ1n) is 5.32. The van der Waals surface area contributed by atoms with Crippen molar-refractivity contribution in [2.24, 2.45) is 4.99 Å². The number of amides is 2. The molecule has 0 saturated carbocycles. The standard InChI is InChI=1S/C13H8N2O2S/c16-11-10(8-9-4-2-1-3-5-9)12(17)15-6-7-18-13(15)14-11/h1-8H/b10-8-. The average Bonchev–Trinajstić information content (AvgIpc) is 2.84. The summed E-state index contributed by atoms with van der Waals surface area (Å²) in [6, 6.07) is 9.25. The number of rotatable bonds is 1. The van der Waals surface area contributed by atoms with Crippen molar-refractivity contribution in [3.05, 3.63) is 53.1 Å². The van der Waals surface area contributed by atoms with Crippen LogP contribution in [0.25, 0.3) is 6.08 Å². The van der Waals surface area contributed by atoms with Gasteiger partial charge in [0.1, 0.15) is 5.57 Å². The van der Waals surface area contributed by atoms with E-state index in [-0.39, 0.29) is 11.5 Å². The summed E-state index contributed by atoms with van der Waals surface area (Å²) >= 11 is 1.27. The van der Waals surface area contributed by atoms with Crippen molar-refractivity contribution in [1.29, 1.82) is 0 Å². The maximum absolute atomic E-state index is 12.1. The molecule has 4 nitrogen and oxygen atoms in total. The van der Waals surface area contributed by atoms with Gasteiger partial charge >= 0.3 is 0 Å². The van der Waals surface area contributed by atoms with Gasteiger partial charge in [0.25, 0.3) is 11.8 Å². The van der Waals surface area contributed by atoms with Crippen molar-refractivity contribution in [3.63, 3.8) is 0 Å². The van der Waals surface area contributed by atoms with Gasteiger partial charge in [-0.1, -0.05) is 42.1 Å². The molecule has 2 amide bonds. The second-order valence-electron chi connectivity index (χ2n) is 3.75. The first kappa shape index (κ1) is 11.0. The summed E-state index contributed by atoms with van der Waals surface area (Å²) < 4.78 is 0. The molecule has 88 valence electrons. The first-order valence-corrected chi connectivity index (χ1v) is 6.20. The summed E-state index contributed by atoms with van der Waals surface area (Å²) in [4.78, 5) is 29.2. The Morgan fingerprint density at radius 1 is 1.17 bits per heavy atom. The minimum atomic E-state index is -0.480. The topological polar surface area (TPSA) is 49.7 Å². The fourth-order valence-electron chi connectivity index (χ4n) is 1.72. The van der Waals surface area contributed by atoms with Crippen molar-refractivity contribution < 1.29 is 9.59 Å². The quantitative estimate of drug-likeness (QED) is 0.570. The average molecular weight is 256 g/mol. The van der Waals surface area contributed by atoms with Crippen molar-refractivity contribution >= 4 is 34.8 Å². The summed E-state index contributed by atoms with van der Waals surface area (Å²) in [5.74, 6) is -0.804. The van der Waals surface area contributed by atoms with Crippen LogP contribution in [0.4, 0.5) is 0 Å². The van der Waals surface area contributed by atoms with Gasteiger partial charge in [-0.25, -0.2) is 0 Å². The first-order chi connectivity index (χ1) is 8.75. The van der Waals surface area contributed by atoms with Gasteiger partial charge in [-0.15, -0.1) is 0 Å². The van der Waals surface area contributed by atoms with E-state index in [0.29, 0.717) is 5.17 Å². The Hall–Kier alpha value is -2.14. The van der Waals surface area contributed by atoms with Gasteiger partial charge in [-0.2, -0.15) is 4.99 Å². The number of fused-ring (bicyclic) bond motifs is 1. The highest BCUT2D eigenvalue weighted by molar-refractivity contribution is 8.16. The second kappa shape index (κ2) is 4.27. The van der Waals surface area contributed by atoms with Gasteiger partial charge in [0.2, 0.25) is 0 Å². The van der Waals surface area contributed by atoms with Crippen LogP contribution < -0.4 is 0 Å². The molecule has 3 rings (SSSR count). The molecule has 2 heterocycles. The van der Waals surface area contributed by atoms with E-state index in [9.17, 15) is 9.59 Å². The van der Waals surface area contributed by atoms with E-state index in [1.165, 1.54) is 16.7 Å². The molecule has 0 atom stereocenters. The summed E-state index contributed by atoms with van der Waals surface area (Å²) in [6.07, 6.45) is 3.19. The maximum atomic E-state index is 12.1. The molecule has 2 aliphatic rings. The number of thioether (sulfide) groups is 1. The molecule has 0 saturated heterocycles. The lowest BCUT2D eigenvalue weighted by atomic mass is 10.1. The Balaban J connectivity index is 2.03. The van der Waals surface area contributed by atoms with E-state index in [1.54, 1.807) is 17.7 Å². The van der Waals surface area contributed by atoms with Crippen molar-refractivity contribution in [3.8, 4) is 0 Å². The third kappa shape index (κ3) is 1.78. The Labute approximate surface area is 108 Å². The van der Waals surface area contributed by atoms with Gasteiger partial charge < -0.3 is 0 Å². The van der Waals surface area contributed by atoms with Gasteiger partial charge in [-0.05, 0) is 17.0 Å². The number of carbonyl (C=O) groups is 2. The zero-order valence-electron chi connectivity index (χ0n) is 9.24. The Morgan fingerprint density at radius 2 is 1.94 bits per heavy atom. The molecule has 2 aliphatic heterocycles. The fraction of sp³-hybridized carbons (Fsp3) is 0. The monoisotopic (exact) mass is 256 g/mol. The molecule has 1 aromatic rings. The fourth-order valence-corrected chi connectivity index (χ4v) is 2.41. The highest BCUT2D eigenvalue weighted by Gasteiger charge is 2.33. The van der Waals surface area contributed by atoms with Crippen LogP contribution in [0.2, 0.25) is 0 Å². The molecule has 0 unspecified atom stereocenters. The molecule has 1 aromatic carbocycles. The van der Waals surface area contributed by atoms with Gasteiger partial charge in [0.15, 0.2) is 5.17 Å². The van der Waals surface area contributed by atoms with Crippen LogP contribution in [-0.4, -0.2) is 21.9 Å². The molecule has 0 bridgehead atoms. The molecule has 0 spiro atoms. The minimum absolute atomic E-state index is 0.0945. The zero-order valence-corrected chi connectivity index (χ0v) is 10.1. The van der Waals surface area contributed by atoms with Crippen LogP contribution in [0.5, 0.6) is 0 Å². The molecule has 0 fully saturated rings. The van der Waals surface area contributed by atoms with Crippen LogP contribution in [0, 0.1) is 0 Å². The summed E-state index contributed by atoms with van der Waals surface area (Å²) in [6.45, 7) is 0. The van der Waals surface area contributed by atoms with Crippen molar-refractivity contribution in [2.75, 3.05) is 0 Å². The molecular formula is C13H8N2O2S. The summed E-state index contributed by atoms with van der Waals surface area (Å²) in [5.41, 5.74) is 0.903. The number of hydrogen-bond acceptors (Lipinski definition) is 3. The SMILES string of the molecule is O=C1N=C2SC=CN2C(=O)/C1=C\c1ccccc1. The summed E-state index contributed by atoms with van der Waals surface area (Å²) in [5, 5.41) is 2.16. The van der Waals surface area contributed by atoms with Gasteiger partial charge in [0, 0.05) is 6.20 Å². The van der Waals surface area contributed by atoms with E-state index in [0.717, 1.165) is 5.56 Å². The lowest BCUT2D eigenvalue weighted by molar-refractivity contribution is -0.125. The Kier molecular flexibility index (Phi) is 2.60. The molecular weight excluding hydrogens is 248 g/mol. The lowest BCUT2D eigenvalue weighted by Crippen LogP contribution is -2.36. The number of amidine groups is 1. The largest absolute Gasteiger partial charge is 0.285 e. The number of aliphatic imine (C=N–C) groups is 1. The van der Waals surface area contributed by atoms with Crippen LogP contribution in [0.15, 0.2) is 52.5 Å². The molecule has 0 N–H and O–H groups in total. The van der Waals surface area contributed by atoms with Crippen molar-refractivity contribution in [1.82, 2.24) is 4.90 Å². The zero-order chi connectivity index (χ0) is 12.5. The van der Waals surface area contributed by atoms with E-state index in [4.69, 9.17) is 0 Å². The van der Waals surface area contributed by atoms with Gasteiger partial charge in [0.05, 0.1) is 0 Å². The summed E-state index contributed by atoms with van der Waals surface area (Å²) in [7, 11) is 0. The van der Waals surface area contributed by atoms with E-state index in [2.05, 4.69) is 4.99 Å². The lowest BCUT2D eigenvalue weighted by Gasteiger charge is -2.19. The van der Waals surface area contributed by atoms with Crippen LogP contribution in [0.1, 0.15) is 5.56 Å². The predicted octanol–water partition coefficient (Wildman–Crippen LogP) is 2.01. The van der Waals surface area contributed by atoms with Crippen molar-refractivity contribution in [2.45, 2.75) is 0 Å². The second-order valence-corrected chi connectivity index (χ2v) is 4.62. The normalized spacial score (nSPS) is 20.3. The molecule has 0 aliphatic carbocycles. The van der Waals surface area contributed by atoms with Crippen LogP contribution >= 0.6 is 11.8 Å². The number of hydrogen-bond donors (Lipinski definition) is 0. The smallest absolute Gasteiger partial charge is 0.268 e. The van der Waals surface area contributed by atoms with E-state index < -0.39 is 5.91 Å². The van der Waals surface area contributed by atoms with Crippen LogP contribution in [-0.2, 0) is 9.59 Å². The van der Waals surface area contributed by atoms with Crippen LogP contribution in [0.3, 0.4) is 0 Å². The third-order valence-corrected chi connectivity index (χ3v) is 3.33. The highest BCUT2D eigenvalue weighted by atomic mass is 32.2. The predicted molar refractivity (Wildman–Crippen MR) is 70.4 cm³/mol. The number of nitrogens with zero attached hydrogens (tertiary/aromatic N) is 2. The molecule has 5 heteroatoms. The Morgan fingerprint density at radius 3 is 2.72 bits per heavy atom. The minimum Gasteiger partial charge on any atom is -0.268 e. The Bertz CT molecular complexity index is 617. The number of benzene rings is 1. The highest BCUT2D eigenvalue weighted by Crippen LogP contribution is 2.26. The molecule has 18 heavy (non-hydrogen) atoms. The maximum Gasteiger partial charge on any atom is 0.285 e. The molecule has 0 aromatic heterocycles.